The van der Waals surface area contributed by atoms with Crippen LogP contribution < -0.4 is 10.6 Å². The van der Waals surface area contributed by atoms with E-state index < -0.39 is 0 Å². The van der Waals surface area contributed by atoms with Crippen molar-refractivity contribution < 1.29 is 4.79 Å². The minimum Gasteiger partial charge on any atom is -0.349 e. The fourth-order valence-corrected chi connectivity index (χ4v) is 3.36. The van der Waals surface area contributed by atoms with Crippen LogP contribution in [0.25, 0.3) is 5.82 Å². The lowest BCUT2D eigenvalue weighted by molar-refractivity contribution is 0.0925. The highest BCUT2D eigenvalue weighted by Crippen LogP contribution is 2.20. The van der Waals surface area contributed by atoms with Gasteiger partial charge in [0, 0.05) is 29.7 Å². The molecule has 2 atom stereocenters. The summed E-state index contributed by atoms with van der Waals surface area (Å²) in [4.78, 5) is 17.1. The SMILES string of the molecule is Cc1cc(C(=O)NC2CCNC(C)C2)c(C)n1-c1ccccn1.Cl.Cl. The molecule has 0 saturated carbocycles. The zero-order valence-electron chi connectivity index (χ0n) is 14.8. The number of pyridine rings is 1. The van der Waals surface area contributed by atoms with Crippen LogP contribution in [0.2, 0.25) is 0 Å². The van der Waals surface area contributed by atoms with Crippen LogP contribution in [0.15, 0.2) is 30.5 Å². The molecule has 25 heavy (non-hydrogen) atoms. The monoisotopic (exact) mass is 384 g/mol. The van der Waals surface area contributed by atoms with Crippen molar-refractivity contribution in [2.24, 2.45) is 0 Å². The number of nitrogens with zero attached hydrogens (tertiary/aromatic N) is 2. The van der Waals surface area contributed by atoms with Gasteiger partial charge in [-0.2, -0.15) is 0 Å². The van der Waals surface area contributed by atoms with E-state index in [9.17, 15) is 4.79 Å². The number of aromatic nitrogens is 2. The van der Waals surface area contributed by atoms with Crippen LogP contribution in [0.3, 0.4) is 0 Å². The van der Waals surface area contributed by atoms with Crippen molar-refractivity contribution in [3.63, 3.8) is 0 Å². The van der Waals surface area contributed by atoms with Crippen molar-refractivity contribution >= 4 is 30.7 Å². The molecule has 1 aliphatic rings. The third-order valence-electron chi connectivity index (χ3n) is 4.51. The molecule has 1 fully saturated rings. The lowest BCUT2D eigenvalue weighted by atomic mass is 10.0. The summed E-state index contributed by atoms with van der Waals surface area (Å²) >= 11 is 0. The molecule has 1 aliphatic heterocycles. The first-order valence-corrected chi connectivity index (χ1v) is 8.21. The average molecular weight is 385 g/mol. The van der Waals surface area contributed by atoms with Gasteiger partial charge in [-0.05, 0) is 58.4 Å². The normalized spacial score (nSPS) is 19.5. The molecule has 2 aromatic heterocycles. The van der Waals surface area contributed by atoms with Crippen LogP contribution >= 0.6 is 24.8 Å². The number of hydrogen-bond donors (Lipinski definition) is 2. The second kappa shape index (κ2) is 9.22. The van der Waals surface area contributed by atoms with E-state index in [0.717, 1.165) is 42.2 Å². The van der Waals surface area contributed by atoms with Crippen molar-refractivity contribution in [3.05, 3.63) is 47.4 Å². The Hall–Kier alpha value is -1.56. The van der Waals surface area contributed by atoms with E-state index >= 15 is 0 Å². The van der Waals surface area contributed by atoms with E-state index in [1.54, 1.807) is 6.20 Å². The fourth-order valence-electron chi connectivity index (χ4n) is 3.36. The molecular formula is C18H26Cl2N4O. The van der Waals surface area contributed by atoms with Gasteiger partial charge in [0.2, 0.25) is 0 Å². The summed E-state index contributed by atoms with van der Waals surface area (Å²) in [7, 11) is 0. The molecule has 0 aromatic carbocycles. The minimum atomic E-state index is 0. The van der Waals surface area contributed by atoms with Crippen molar-refractivity contribution in [2.45, 2.75) is 45.7 Å². The summed E-state index contributed by atoms with van der Waals surface area (Å²) in [5.41, 5.74) is 2.69. The molecule has 2 aromatic rings. The third-order valence-corrected chi connectivity index (χ3v) is 4.51. The molecule has 2 N–H and O–H groups in total. The second-order valence-electron chi connectivity index (χ2n) is 6.36. The number of rotatable bonds is 3. The summed E-state index contributed by atoms with van der Waals surface area (Å²) in [6.45, 7) is 7.09. The zero-order valence-corrected chi connectivity index (χ0v) is 16.4. The zero-order chi connectivity index (χ0) is 16.4. The standard InChI is InChI=1S/C18H24N4O.2ClH/c1-12-10-15(7-9-19-12)21-18(23)16-11-13(2)22(14(16)3)17-6-4-5-8-20-17;;/h4-6,8,11-12,15,19H,7,9-10H2,1-3H3,(H,21,23);2*1H. The Morgan fingerprint density at radius 2 is 2.08 bits per heavy atom. The molecule has 0 aliphatic carbocycles. The van der Waals surface area contributed by atoms with E-state index in [-0.39, 0.29) is 36.8 Å². The van der Waals surface area contributed by atoms with Crippen LogP contribution in [0.5, 0.6) is 0 Å². The highest BCUT2D eigenvalue weighted by molar-refractivity contribution is 5.96. The Kier molecular flexibility index (Phi) is 7.93. The Morgan fingerprint density at radius 1 is 1.32 bits per heavy atom. The topological polar surface area (TPSA) is 59.0 Å². The highest BCUT2D eigenvalue weighted by atomic mass is 35.5. The van der Waals surface area contributed by atoms with Crippen molar-refractivity contribution in [1.82, 2.24) is 20.2 Å². The van der Waals surface area contributed by atoms with Gasteiger partial charge in [0.25, 0.3) is 5.91 Å². The molecule has 1 amide bonds. The summed E-state index contributed by atoms with van der Waals surface area (Å²) in [5.74, 6) is 0.858. The van der Waals surface area contributed by atoms with E-state index in [0.29, 0.717) is 6.04 Å². The number of aryl methyl sites for hydroxylation is 1. The van der Waals surface area contributed by atoms with Gasteiger partial charge in [-0.3, -0.25) is 4.79 Å². The smallest absolute Gasteiger partial charge is 0.253 e. The quantitative estimate of drug-likeness (QED) is 0.853. The van der Waals surface area contributed by atoms with Crippen LogP contribution in [-0.2, 0) is 0 Å². The van der Waals surface area contributed by atoms with Gasteiger partial charge in [0.1, 0.15) is 5.82 Å². The lowest BCUT2D eigenvalue weighted by Gasteiger charge is -2.28. The molecule has 2 unspecified atom stereocenters. The molecule has 0 radical (unpaired) electrons. The van der Waals surface area contributed by atoms with Crippen LogP contribution in [0.4, 0.5) is 0 Å². The van der Waals surface area contributed by atoms with Crippen LogP contribution in [0, 0.1) is 13.8 Å². The van der Waals surface area contributed by atoms with Gasteiger partial charge in [-0.1, -0.05) is 6.07 Å². The summed E-state index contributed by atoms with van der Waals surface area (Å²) in [5, 5.41) is 6.59. The number of amides is 1. The van der Waals surface area contributed by atoms with Gasteiger partial charge >= 0.3 is 0 Å². The molecule has 5 nitrogen and oxygen atoms in total. The third kappa shape index (κ3) is 4.75. The molecule has 138 valence electrons. The van der Waals surface area contributed by atoms with Crippen molar-refractivity contribution in [1.29, 1.82) is 0 Å². The summed E-state index contributed by atoms with van der Waals surface area (Å²) in [6, 6.07) is 8.45. The first-order chi connectivity index (χ1) is 11.1. The van der Waals surface area contributed by atoms with Gasteiger partial charge in [0.15, 0.2) is 0 Å². The van der Waals surface area contributed by atoms with E-state index in [1.165, 1.54) is 0 Å². The molecule has 1 saturated heterocycles. The Labute approximate surface area is 161 Å². The minimum absolute atomic E-state index is 0. The molecular weight excluding hydrogens is 359 g/mol. The van der Waals surface area contributed by atoms with Gasteiger partial charge in [-0.25, -0.2) is 4.98 Å². The van der Waals surface area contributed by atoms with Gasteiger partial charge in [-0.15, -0.1) is 24.8 Å². The largest absolute Gasteiger partial charge is 0.349 e. The van der Waals surface area contributed by atoms with Gasteiger partial charge < -0.3 is 15.2 Å². The van der Waals surface area contributed by atoms with E-state index in [2.05, 4.69) is 22.5 Å². The first kappa shape index (κ1) is 21.5. The number of halogens is 2. The predicted octanol–water partition coefficient (Wildman–Crippen LogP) is 3.20. The summed E-state index contributed by atoms with van der Waals surface area (Å²) in [6.07, 6.45) is 3.73. The Balaban J connectivity index is 0.00000156. The number of carbonyl (C=O) groups is 1. The number of carbonyl (C=O) groups excluding carboxylic acids is 1. The maximum absolute atomic E-state index is 12.7. The highest BCUT2D eigenvalue weighted by Gasteiger charge is 2.23. The molecule has 3 rings (SSSR count). The second-order valence-corrected chi connectivity index (χ2v) is 6.36. The Morgan fingerprint density at radius 3 is 2.72 bits per heavy atom. The number of piperidine rings is 1. The first-order valence-electron chi connectivity index (χ1n) is 8.21. The van der Waals surface area contributed by atoms with Crippen LogP contribution in [-0.4, -0.2) is 34.1 Å². The van der Waals surface area contributed by atoms with Crippen molar-refractivity contribution in [3.8, 4) is 5.82 Å². The molecule has 0 bridgehead atoms. The maximum atomic E-state index is 12.7. The van der Waals surface area contributed by atoms with E-state index in [4.69, 9.17) is 0 Å². The van der Waals surface area contributed by atoms with Gasteiger partial charge in [0.05, 0.1) is 5.56 Å². The fraction of sp³-hybridized carbons (Fsp3) is 0.444. The molecule has 3 heterocycles. The van der Waals surface area contributed by atoms with E-state index in [1.807, 2.05) is 42.7 Å². The predicted molar refractivity (Wildman–Crippen MR) is 105 cm³/mol. The maximum Gasteiger partial charge on any atom is 0.253 e. The number of nitrogens with one attached hydrogen (secondary N) is 2. The number of hydrogen-bond acceptors (Lipinski definition) is 3. The Bertz CT molecular complexity index is 703. The summed E-state index contributed by atoms with van der Waals surface area (Å²) < 4.78 is 2.03. The average Bonchev–Trinajstić information content (AvgIpc) is 2.83. The van der Waals surface area contributed by atoms with Crippen LogP contribution in [0.1, 0.15) is 41.5 Å². The van der Waals surface area contributed by atoms with Crippen molar-refractivity contribution in [2.75, 3.05) is 6.54 Å². The molecule has 0 spiro atoms. The molecule has 7 heteroatoms. The lowest BCUT2D eigenvalue weighted by Crippen LogP contribution is -2.46.